The first-order chi connectivity index (χ1) is 19.9. The van der Waals surface area contributed by atoms with E-state index >= 15 is 0 Å². The zero-order valence-electron chi connectivity index (χ0n) is 24.2. The number of aliphatic hydroxyl groups excluding tert-OH is 2. The summed E-state index contributed by atoms with van der Waals surface area (Å²) in [7, 11) is 0. The number of piperidine rings is 1. The summed E-state index contributed by atoms with van der Waals surface area (Å²) in [5, 5.41) is 26.8. The minimum absolute atomic E-state index is 0.0214. The van der Waals surface area contributed by atoms with Gasteiger partial charge in [0.25, 0.3) is 5.91 Å². The molecular formula is C27H44N8O6. The zero-order chi connectivity index (χ0) is 29.5. The Morgan fingerprint density at radius 3 is 2.63 bits per heavy atom. The normalized spacial score (nSPS) is 26.6. The van der Waals surface area contributed by atoms with Crippen LogP contribution in [0.25, 0.3) is 11.2 Å². The third kappa shape index (κ3) is 7.05. The number of hydrogen-bond acceptors (Lipinski definition) is 11. The van der Waals surface area contributed by atoms with Gasteiger partial charge < -0.3 is 41.0 Å². The van der Waals surface area contributed by atoms with Gasteiger partial charge in [-0.05, 0) is 51.5 Å². The van der Waals surface area contributed by atoms with E-state index in [1.54, 1.807) is 11.8 Å². The molecule has 3 saturated heterocycles. The zero-order valence-corrected chi connectivity index (χ0v) is 24.2. The quantitative estimate of drug-likeness (QED) is 0.298. The summed E-state index contributed by atoms with van der Waals surface area (Å²) in [5.74, 6) is 0.760. The van der Waals surface area contributed by atoms with Crippen LogP contribution in [0.2, 0.25) is 0 Å². The number of likely N-dealkylation sites (N-methyl/N-ethyl adjacent to an activating group) is 1. The first kappa shape index (κ1) is 30.9. The Bertz CT molecular complexity index is 1160. The molecule has 6 N–H and O–H groups in total. The van der Waals surface area contributed by atoms with E-state index in [9.17, 15) is 19.8 Å². The van der Waals surface area contributed by atoms with Crippen molar-refractivity contribution in [1.82, 2.24) is 35.1 Å². The Hall–Kier alpha value is -3.07. The number of aryl methyl sites for hydroxylation is 1. The lowest BCUT2D eigenvalue weighted by atomic mass is 9.91. The number of ether oxygens (including phenoxy) is 2. The number of nitrogens with two attached hydrogens (primary N) is 1. The maximum atomic E-state index is 12.4. The van der Waals surface area contributed by atoms with Gasteiger partial charge in [0.05, 0.1) is 6.33 Å². The maximum Gasteiger partial charge on any atom is 0.410 e. The smallest absolute Gasteiger partial charge is 0.410 e. The van der Waals surface area contributed by atoms with Crippen LogP contribution >= 0.6 is 0 Å². The second-order valence-corrected chi connectivity index (χ2v) is 10.5. The molecule has 5 atom stereocenters. The minimum atomic E-state index is -1.40. The highest BCUT2D eigenvalue weighted by Crippen LogP contribution is 2.32. The standard InChI is InChI=1S/C25H38N8O6.C2H6/c1-2-28-23(36)20-18(34)19(35)24(39-20)33-13-29-17-21(26)30-16(31-22(17)33)5-3-4-14-7-10-32(11-8-14)25(37)38-15-6-9-27-12-15;1-2/h13-15,18-20,24,27,34-35H,2-12H2,1H3,(H,28,36)(H2,26,30,31);1-2H3/t15?,18-,19?,20+,24-;/m1./s1. The van der Waals surface area contributed by atoms with Crippen LogP contribution in [0.5, 0.6) is 0 Å². The largest absolute Gasteiger partial charge is 0.445 e. The van der Waals surface area contributed by atoms with E-state index in [1.165, 1.54) is 10.9 Å². The molecule has 2 unspecified atom stereocenters. The van der Waals surface area contributed by atoms with Crippen LogP contribution in [0, 0.1) is 5.92 Å². The number of likely N-dealkylation sites (tertiary alicyclic amines) is 1. The van der Waals surface area contributed by atoms with E-state index in [2.05, 4.69) is 25.6 Å². The number of aliphatic hydroxyl groups is 2. The molecule has 3 aliphatic rings. The molecule has 5 rings (SSSR count). The van der Waals surface area contributed by atoms with Crippen molar-refractivity contribution in [1.29, 1.82) is 0 Å². The molecule has 0 aliphatic carbocycles. The number of hydrogen-bond donors (Lipinski definition) is 5. The van der Waals surface area contributed by atoms with Gasteiger partial charge in [-0.15, -0.1) is 0 Å². The monoisotopic (exact) mass is 576 g/mol. The van der Waals surface area contributed by atoms with Crippen LogP contribution in [0.1, 0.15) is 64.9 Å². The molecule has 228 valence electrons. The predicted molar refractivity (Wildman–Crippen MR) is 151 cm³/mol. The molecule has 3 fully saturated rings. The molecule has 2 aromatic rings. The van der Waals surface area contributed by atoms with E-state index in [0.29, 0.717) is 49.0 Å². The Kier molecular flexibility index (Phi) is 10.7. The molecule has 14 nitrogen and oxygen atoms in total. The Labute approximate surface area is 240 Å². The lowest BCUT2D eigenvalue weighted by Crippen LogP contribution is -2.42. The second-order valence-electron chi connectivity index (χ2n) is 10.5. The van der Waals surface area contributed by atoms with Crippen molar-refractivity contribution in [3.8, 4) is 0 Å². The molecule has 5 heterocycles. The van der Waals surface area contributed by atoms with E-state index in [1.807, 2.05) is 13.8 Å². The fourth-order valence-electron chi connectivity index (χ4n) is 5.56. The highest BCUT2D eigenvalue weighted by molar-refractivity contribution is 5.83. The molecule has 2 amide bonds. The maximum absolute atomic E-state index is 12.4. The van der Waals surface area contributed by atoms with Gasteiger partial charge >= 0.3 is 6.09 Å². The number of nitrogens with zero attached hydrogens (tertiary/aromatic N) is 5. The van der Waals surface area contributed by atoms with Crippen LogP contribution in [0.4, 0.5) is 10.6 Å². The minimum Gasteiger partial charge on any atom is -0.445 e. The first-order valence-electron chi connectivity index (χ1n) is 14.8. The number of imidazole rings is 1. The highest BCUT2D eigenvalue weighted by atomic mass is 16.6. The third-order valence-electron chi connectivity index (χ3n) is 7.78. The van der Waals surface area contributed by atoms with Crippen LogP contribution in [-0.2, 0) is 20.7 Å². The van der Waals surface area contributed by atoms with Crippen molar-refractivity contribution in [3.05, 3.63) is 12.2 Å². The van der Waals surface area contributed by atoms with Gasteiger partial charge in [-0.2, -0.15) is 0 Å². The fraction of sp³-hybridized carbons (Fsp3) is 0.741. The van der Waals surface area contributed by atoms with Gasteiger partial charge in [0.1, 0.15) is 29.7 Å². The molecule has 0 bridgehead atoms. The van der Waals surface area contributed by atoms with Gasteiger partial charge in [0, 0.05) is 32.6 Å². The highest BCUT2D eigenvalue weighted by Gasteiger charge is 2.47. The number of nitrogens with one attached hydrogen (secondary N) is 2. The van der Waals surface area contributed by atoms with E-state index in [4.69, 9.17) is 15.2 Å². The average Bonchev–Trinajstić information content (AvgIpc) is 3.71. The Morgan fingerprint density at radius 2 is 1.95 bits per heavy atom. The van der Waals surface area contributed by atoms with Crippen LogP contribution in [0.3, 0.4) is 0 Å². The summed E-state index contributed by atoms with van der Waals surface area (Å²) < 4.78 is 12.8. The van der Waals surface area contributed by atoms with Crippen molar-refractivity contribution in [2.45, 2.75) is 89.9 Å². The predicted octanol–water partition coefficient (Wildman–Crippen LogP) is 0.723. The third-order valence-corrected chi connectivity index (χ3v) is 7.78. The van der Waals surface area contributed by atoms with Gasteiger partial charge in [-0.25, -0.2) is 19.7 Å². The molecule has 0 saturated carbocycles. The van der Waals surface area contributed by atoms with Crippen molar-refractivity contribution in [3.63, 3.8) is 0 Å². The van der Waals surface area contributed by atoms with E-state index in [0.717, 1.165) is 45.2 Å². The SMILES string of the molecule is CC.CCNC(=O)[C@H]1O[C@@H](n2cnc3c(N)nc(CCCC4CCN(C(=O)OC5CCNC5)CC4)nc32)C(O)[C@H]1O. The lowest BCUT2D eigenvalue weighted by molar-refractivity contribution is -0.137. The van der Waals surface area contributed by atoms with Crippen LogP contribution in [-0.4, -0.2) is 104 Å². The average molecular weight is 577 g/mol. The van der Waals surface area contributed by atoms with Crippen LogP contribution < -0.4 is 16.4 Å². The molecule has 0 radical (unpaired) electrons. The Balaban J connectivity index is 0.00000189. The Morgan fingerprint density at radius 1 is 1.20 bits per heavy atom. The van der Waals surface area contributed by atoms with Gasteiger partial charge in [-0.1, -0.05) is 13.8 Å². The van der Waals surface area contributed by atoms with Crippen LogP contribution in [0.15, 0.2) is 6.33 Å². The summed E-state index contributed by atoms with van der Waals surface area (Å²) in [4.78, 5) is 39.8. The van der Waals surface area contributed by atoms with Crippen molar-refractivity contribution in [2.24, 2.45) is 5.92 Å². The number of amides is 2. The molecule has 2 aromatic heterocycles. The number of aromatic nitrogens is 4. The van der Waals surface area contributed by atoms with Crippen molar-refractivity contribution < 1.29 is 29.3 Å². The number of anilines is 1. The second kappa shape index (κ2) is 14.2. The summed E-state index contributed by atoms with van der Waals surface area (Å²) in [6, 6.07) is 0. The summed E-state index contributed by atoms with van der Waals surface area (Å²) in [6.45, 7) is 9.15. The molecule has 41 heavy (non-hydrogen) atoms. The van der Waals surface area contributed by atoms with Crippen molar-refractivity contribution in [2.75, 3.05) is 38.5 Å². The fourth-order valence-corrected chi connectivity index (χ4v) is 5.56. The van der Waals surface area contributed by atoms with Gasteiger partial charge in [0.2, 0.25) is 0 Å². The van der Waals surface area contributed by atoms with Gasteiger partial charge in [-0.3, -0.25) is 9.36 Å². The molecule has 0 aromatic carbocycles. The molecular weight excluding hydrogens is 532 g/mol. The molecule has 3 aliphatic heterocycles. The van der Waals surface area contributed by atoms with E-state index < -0.39 is 30.4 Å². The topological polar surface area (TPSA) is 190 Å². The lowest BCUT2D eigenvalue weighted by Gasteiger charge is -2.32. The summed E-state index contributed by atoms with van der Waals surface area (Å²) in [5.41, 5.74) is 6.89. The number of rotatable bonds is 8. The number of carbonyl (C=O) groups excluding carboxylic acids is 2. The number of fused-ring (bicyclic) bond motifs is 1. The summed E-state index contributed by atoms with van der Waals surface area (Å²) in [6.07, 6.45) is 1.32. The molecule has 0 spiro atoms. The number of carbonyl (C=O) groups is 2. The first-order valence-corrected chi connectivity index (χ1v) is 14.8. The summed E-state index contributed by atoms with van der Waals surface area (Å²) >= 11 is 0. The number of nitrogen functional groups attached to an aromatic ring is 1. The van der Waals surface area contributed by atoms with Gasteiger partial charge in [0.15, 0.2) is 23.8 Å². The molecule has 14 heteroatoms. The van der Waals surface area contributed by atoms with E-state index in [-0.39, 0.29) is 18.0 Å². The van der Waals surface area contributed by atoms with Crippen molar-refractivity contribution >= 4 is 29.0 Å².